The van der Waals surface area contributed by atoms with Gasteiger partial charge in [-0.3, -0.25) is 4.68 Å². The predicted octanol–water partition coefficient (Wildman–Crippen LogP) is 2.97. The SMILES string of the molecule is CCCn1ncc(OC)c1C(N)c1cccc(C)c1C. The summed E-state index contributed by atoms with van der Waals surface area (Å²) >= 11 is 0. The summed E-state index contributed by atoms with van der Waals surface area (Å²) in [4.78, 5) is 0. The minimum Gasteiger partial charge on any atom is -0.493 e. The molecule has 0 spiro atoms. The van der Waals surface area contributed by atoms with Crippen LogP contribution in [0.3, 0.4) is 0 Å². The third kappa shape index (κ3) is 2.56. The summed E-state index contributed by atoms with van der Waals surface area (Å²) in [5, 5.41) is 4.39. The topological polar surface area (TPSA) is 53.1 Å². The van der Waals surface area contributed by atoms with Crippen molar-refractivity contribution in [1.29, 1.82) is 0 Å². The van der Waals surface area contributed by atoms with Crippen molar-refractivity contribution in [3.8, 4) is 5.75 Å². The highest BCUT2D eigenvalue weighted by Crippen LogP contribution is 2.30. The Kier molecular flexibility index (Phi) is 4.45. The fourth-order valence-corrected chi connectivity index (χ4v) is 2.50. The molecule has 2 aromatic rings. The zero-order valence-electron chi connectivity index (χ0n) is 12.7. The van der Waals surface area contributed by atoms with Crippen molar-refractivity contribution in [3.05, 3.63) is 46.8 Å². The lowest BCUT2D eigenvalue weighted by Gasteiger charge is -2.19. The summed E-state index contributed by atoms with van der Waals surface area (Å²) in [6.45, 7) is 7.18. The Bertz CT molecular complexity index is 589. The van der Waals surface area contributed by atoms with Crippen molar-refractivity contribution in [2.45, 2.75) is 39.8 Å². The molecule has 0 saturated heterocycles. The monoisotopic (exact) mass is 273 g/mol. The number of hydrogen-bond donors (Lipinski definition) is 1. The van der Waals surface area contributed by atoms with E-state index in [9.17, 15) is 0 Å². The van der Waals surface area contributed by atoms with Crippen LogP contribution in [0.15, 0.2) is 24.4 Å². The number of ether oxygens (including phenoxy) is 1. The lowest BCUT2D eigenvalue weighted by molar-refractivity contribution is 0.404. The van der Waals surface area contributed by atoms with Crippen molar-refractivity contribution in [3.63, 3.8) is 0 Å². The van der Waals surface area contributed by atoms with Crippen molar-refractivity contribution in [2.24, 2.45) is 5.73 Å². The van der Waals surface area contributed by atoms with Gasteiger partial charge < -0.3 is 10.5 Å². The van der Waals surface area contributed by atoms with Crippen LogP contribution >= 0.6 is 0 Å². The first-order valence-electron chi connectivity index (χ1n) is 7.01. The molecule has 0 aliphatic rings. The first-order valence-corrected chi connectivity index (χ1v) is 7.01. The van der Waals surface area contributed by atoms with Crippen molar-refractivity contribution in [2.75, 3.05) is 7.11 Å². The maximum absolute atomic E-state index is 6.50. The number of hydrogen-bond acceptors (Lipinski definition) is 3. The maximum Gasteiger partial charge on any atom is 0.161 e. The van der Waals surface area contributed by atoms with Gasteiger partial charge in [0.2, 0.25) is 0 Å². The highest BCUT2D eigenvalue weighted by Gasteiger charge is 2.21. The second-order valence-electron chi connectivity index (χ2n) is 5.09. The van der Waals surface area contributed by atoms with Crippen LogP contribution in [-0.2, 0) is 6.54 Å². The Labute approximate surface area is 120 Å². The molecule has 1 aromatic heterocycles. The van der Waals surface area contributed by atoms with Crippen molar-refractivity contribution < 1.29 is 4.74 Å². The van der Waals surface area contributed by atoms with Gasteiger partial charge in [0.1, 0.15) is 5.69 Å². The van der Waals surface area contributed by atoms with Gasteiger partial charge in [0.05, 0.1) is 19.3 Å². The lowest BCUT2D eigenvalue weighted by atomic mass is 9.96. The molecule has 2 N–H and O–H groups in total. The third-order valence-electron chi connectivity index (χ3n) is 3.78. The summed E-state index contributed by atoms with van der Waals surface area (Å²) < 4.78 is 7.37. The number of rotatable bonds is 5. The Morgan fingerprint density at radius 1 is 1.35 bits per heavy atom. The lowest BCUT2D eigenvalue weighted by Crippen LogP contribution is -2.19. The second-order valence-corrected chi connectivity index (χ2v) is 5.09. The number of aryl methyl sites for hydroxylation is 2. The van der Waals surface area contributed by atoms with Gasteiger partial charge in [-0.25, -0.2) is 0 Å². The summed E-state index contributed by atoms with van der Waals surface area (Å²) in [5.74, 6) is 0.756. The number of nitrogens with two attached hydrogens (primary N) is 1. The molecular formula is C16H23N3O. The van der Waals surface area contributed by atoms with Crippen LogP contribution in [0.5, 0.6) is 5.75 Å². The molecule has 108 valence electrons. The maximum atomic E-state index is 6.50. The van der Waals surface area contributed by atoms with E-state index < -0.39 is 0 Å². The molecule has 0 fully saturated rings. The zero-order chi connectivity index (χ0) is 14.7. The molecule has 4 heteroatoms. The van der Waals surface area contributed by atoms with E-state index >= 15 is 0 Å². The Balaban J connectivity index is 2.49. The van der Waals surface area contributed by atoms with Crippen molar-refractivity contribution in [1.82, 2.24) is 9.78 Å². The predicted molar refractivity (Wildman–Crippen MR) is 81.0 cm³/mol. The molecule has 1 atom stereocenters. The van der Waals surface area contributed by atoms with Crippen LogP contribution in [0.4, 0.5) is 0 Å². The molecule has 0 bridgehead atoms. The highest BCUT2D eigenvalue weighted by molar-refractivity contribution is 5.42. The molecule has 0 radical (unpaired) electrons. The van der Waals surface area contributed by atoms with E-state index in [1.54, 1.807) is 13.3 Å². The standard InChI is InChI=1S/C16H23N3O/c1-5-9-19-16(14(20-4)10-18-19)15(17)13-8-6-7-11(2)12(13)3/h6-8,10,15H,5,9,17H2,1-4H3. The van der Waals surface area contributed by atoms with Crippen LogP contribution in [0, 0.1) is 13.8 Å². The summed E-state index contributed by atoms with van der Waals surface area (Å²) in [7, 11) is 1.66. The summed E-state index contributed by atoms with van der Waals surface area (Å²) in [5.41, 5.74) is 11.0. The molecule has 1 heterocycles. The Morgan fingerprint density at radius 2 is 2.10 bits per heavy atom. The van der Waals surface area contributed by atoms with Gasteiger partial charge in [0, 0.05) is 6.54 Å². The van der Waals surface area contributed by atoms with Gasteiger partial charge in [0.15, 0.2) is 5.75 Å². The van der Waals surface area contributed by atoms with Gasteiger partial charge in [-0.05, 0) is 37.0 Å². The first-order chi connectivity index (χ1) is 9.60. The Morgan fingerprint density at radius 3 is 2.75 bits per heavy atom. The molecule has 4 nitrogen and oxygen atoms in total. The molecule has 0 amide bonds. The average molecular weight is 273 g/mol. The van der Waals surface area contributed by atoms with Gasteiger partial charge in [-0.15, -0.1) is 0 Å². The second kappa shape index (κ2) is 6.09. The summed E-state index contributed by atoms with van der Waals surface area (Å²) in [6.07, 6.45) is 2.76. The van der Waals surface area contributed by atoms with Crippen LogP contribution in [-0.4, -0.2) is 16.9 Å². The van der Waals surface area contributed by atoms with Crippen LogP contribution in [0.2, 0.25) is 0 Å². The van der Waals surface area contributed by atoms with Crippen LogP contribution < -0.4 is 10.5 Å². The molecule has 2 rings (SSSR count). The van der Waals surface area contributed by atoms with Crippen LogP contribution in [0.1, 0.15) is 41.8 Å². The van der Waals surface area contributed by atoms with Gasteiger partial charge >= 0.3 is 0 Å². The van der Waals surface area contributed by atoms with Gasteiger partial charge in [-0.1, -0.05) is 25.1 Å². The minimum atomic E-state index is -0.223. The quantitative estimate of drug-likeness (QED) is 0.911. The molecule has 0 aliphatic heterocycles. The van der Waals surface area contributed by atoms with E-state index in [-0.39, 0.29) is 6.04 Å². The number of nitrogens with zero attached hydrogens (tertiary/aromatic N) is 2. The van der Waals surface area contributed by atoms with E-state index in [2.05, 4.69) is 38.0 Å². The van der Waals surface area contributed by atoms with E-state index in [4.69, 9.17) is 10.5 Å². The van der Waals surface area contributed by atoms with E-state index in [0.29, 0.717) is 0 Å². The van der Waals surface area contributed by atoms with Crippen LogP contribution in [0.25, 0.3) is 0 Å². The van der Waals surface area contributed by atoms with Crippen molar-refractivity contribution >= 4 is 0 Å². The normalized spacial score (nSPS) is 12.4. The number of aromatic nitrogens is 2. The molecule has 20 heavy (non-hydrogen) atoms. The first kappa shape index (κ1) is 14.6. The number of methoxy groups -OCH3 is 1. The average Bonchev–Trinajstić information content (AvgIpc) is 2.84. The van der Waals surface area contributed by atoms with Gasteiger partial charge in [0.25, 0.3) is 0 Å². The molecular weight excluding hydrogens is 250 g/mol. The molecule has 1 aromatic carbocycles. The Hall–Kier alpha value is -1.81. The van der Waals surface area contributed by atoms with E-state index in [1.807, 2.05) is 10.7 Å². The third-order valence-corrected chi connectivity index (χ3v) is 3.78. The minimum absolute atomic E-state index is 0.223. The fourth-order valence-electron chi connectivity index (χ4n) is 2.50. The van der Waals surface area contributed by atoms with E-state index in [0.717, 1.165) is 30.0 Å². The van der Waals surface area contributed by atoms with E-state index in [1.165, 1.54) is 11.1 Å². The largest absolute Gasteiger partial charge is 0.493 e. The highest BCUT2D eigenvalue weighted by atomic mass is 16.5. The number of benzene rings is 1. The molecule has 0 aliphatic carbocycles. The summed E-state index contributed by atoms with van der Waals surface area (Å²) in [6, 6.07) is 6.01. The molecule has 0 saturated carbocycles. The smallest absolute Gasteiger partial charge is 0.161 e. The molecule has 1 unspecified atom stereocenters. The fraction of sp³-hybridized carbons (Fsp3) is 0.438. The zero-order valence-corrected chi connectivity index (χ0v) is 12.7. The van der Waals surface area contributed by atoms with Gasteiger partial charge in [-0.2, -0.15) is 5.10 Å².